The van der Waals surface area contributed by atoms with Gasteiger partial charge in [-0.25, -0.2) is 0 Å². The Kier molecular flexibility index (Phi) is 2.29. The molecule has 0 amide bonds. The first-order valence-corrected chi connectivity index (χ1v) is 3.32. The summed E-state index contributed by atoms with van der Waals surface area (Å²) in [6.45, 7) is 5.74. The van der Waals surface area contributed by atoms with Crippen LogP contribution in [0.25, 0.3) is 0 Å². The quantitative estimate of drug-likeness (QED) is 0.541. The van der Waals surface area contributed by atoms with E-state index in [0.29, 0.717) is 0 Å². The van der Waals surface area contributed by atoms with Crippen LogP contribution in [0.4, 0.5) is 0 Å². The molecule has 2 heteroatoms. The van der Waals surface area contributed by atoms with Crippen molar-refractivity contribution in [2.45, 2.75) is 20.8 Å². The number of hydrogen-bond donors (Lipinski definition) is 0. The van der Waals surface area contributed by atoms with Gasteiger partial charge in [-0.3, -0.25) is 0 Å². The van der Waals surface area contributed by atoms with Gasteiger partial charge >= 0.3 is 57.1 Å². The topological polar surface area (TPSA) is 17.1 Å². The third-order valence-corrected chi connectivity index (χ3v) is 2.36. The van der Waals surface area contributed by atoms with Gasteiger partial charge in [-0.15, -0.1) is 0 Å². The maximum absolute atomic E-state index is 10.5. The van der Waals surface area contributed by atoms with Crippen molar-refractivity contribution in [2.24, 2.45) is 5.41 Å². The van der Waals surface area contributed by atoms with Crippen molar-refractivity contribution < 1.29 is 4.79 Å². The van der Waals surface area contributed by atoms with Gasteiger partial charge in [0.15, 0.2) is 0 Å². The Morgan fingerprint density at radius 1 is 1.43 bits per heavy atom. The van der Waals surface area contributed by atoms with Crippen molar-refractivity contribution in [3.63, 3.8) is 0 Å². The van der Waals surface area contributed by atoms with E-state index in [2.05, 4.69) is 0 Å². The molecule has 0 N–H and O–H groups in total. The standard InChI is InChI=1S/C5H9OTe/c1-5(2,3)4(6)7/h1-3H3. The second-order valence-corrected chi connectivity index (χ2v) is 3.60. The molecule has 0 rings (SSSR count). The fourth-order valence-electron chi connectivity index (χ4n) is 0. The molecule has 0 aromatic heterocycles. The van der Waals surface area contributed by atoms with Crippen LogP contribution in [0, 0.1) is 5.41 Å². The van der Waals surface area contributed by atoms with Crippen molar-refractivity contribution >= 4 is 26.1 Å². The maximum atomic E-state index is 10.5. The Morgan fingerprint density at radius 3 is 1.57 bits per heavy atom. The Balaban J connectivity index is 3.79. The van der Waals surface area contributed by atoms with Crippen molar-refractivity contribution in [1.29, 1.82) is 0 Å². The molecule has 0 aliphatic carbocycles. The van der Waals surface area contributed by atoms with Gasteiger partial charge in [-0.2, -0.15) is 0 Å². The van der Waals surface area contributed by atoms with Crippen LogP contribution in [0.15, 0.2) is 0 Å². The summed E-state index contributed by atoms with van der Waals surface area (Å²) in [6, 6.07) is 0. The molecule has 0 saturated carbocycles. The Morgan fingerprint density at radius 2 is 1.57 bits per heavy atom. The Labute approximate surface area is 57.4 Å². The Hall–Kier alpha value is 0.460. The van der Waals surface area contributed by atoms with E-state index in [1.165, 1.54) is 0 Å². The van der Waals surface area contributed by atoms with E-state index >= 15 is 0 Å². The predicted octanol–water partition coefficient (Wildman–Crippen LogP) is 0.728. The summed E-state index contributed by atoms with van der Waals surface area (Å²) in [7, 11) is 0. The van der Waals surface area contributed by atoms with E-state index < -0.39 is 0 Å². The van der Waals surface area contributed by atoms with Crippen molar-refractivity contribution in [2.75, 3.05) is 0 Å². The molecular formula is C5H9OTe. The van der Waals surface area contributed by atoms with Crippen molar-refractivity contribution in [3.05, 3.63) is 0 Å². The van der Waals surface area contributed by atoms with E-state index in [1.54, 1.807) is 22.3 Å². The fourth-order valence-corrected chi connectivity index (χ4v) is 0. The molecule has 0 unspecified atom stereocenters. The minimum absolute atomic E-state index is 0.134. The molecular weight excluding hydrogens is 204 g/mol. The molecule has 0 saturated heterocycles. The summed E-state index contributed by atoms with van der Waals surface area (Å²) in [5.41, 5.74) is -0.134. The summed E-state index contributed by atoms with van der Waals surface area (Å²) in [6.07, 6.45) is 0. The van der Waals surface area contributed by atoms with Crippen LogP contribution in [0.3, 0.4) is 0 Å². The summed E-state index contributed by atoms with van der Waals surface area (Å²) in [5.74, 6) is 0. The molecule has 0 aromatic carbocycles. The van der Waals surface area contributed by atoms with Gasteiger partial charge in [0.1, 0.15) is 0 Å². The first kappa shape index (κ1) is 7.46. The van der Waals surface area contributed by atoms with Gasteiger partial charge in [-0.05, 0) is 0 Å². The zero-order chi connectivity index (χ0) is 6.08. The number of rotatable bonds is 0. The fraction of sp³-hybridized carbons (Fsp3) is 0.800. The summed E-state index contributed by atoms with van der Waals surface area (Å²) < 4.78 is 0.253. The van der Waals surface area contributed by atoms with E-state index in [-0.39, 0.29) is 9.25 Å². The van der Waals surface area contributed by atoms with Crippen LogP contribution in [0.1, 0.15) is 20.8 Å². The van der Waals surface area contributed by atoms with Gasteiger partial charge in [0.05, 0.1) is 0 Å². The molecule has 0 heterocycles. The van der Waals surface area contributed by atoms with Crippen LogP contribution in [0.2, 0.25) is 0 Å². The zero-order valence-corrected chi connectivity index (χ0v) is 7.15. The zero-order valence-electron chi connectivity index (χ0n) is 4.82. The second kappa shape index (κ2) is 2.15. The molecule has 41 valence electrons. The molecule has 1 nitrogen and oxygen atoms in total. The molecule has 0 bridgehead atoms. The van der Waals surface area contributed by atoms with Crippen LogP contribution >= 0.6 is 0 Å². The molecule has 1 radical (unpaired) electrons. The monoisotopic (exact) mass is 215 g/mol. The molecule has 0 atom stereocenters. The summed E-state index contributed by atoms with van der Waals surface area (Å²) >= 11 is 1.54. The number of carbonyl (C=O) groups excluding carboxylic acids is 1. The predicted molar refractivity (Wildman–Crippen MR) is 30.2 cm³/mol. The van der Waals surface area contributed by atoms with Gasteiger partial charge in [-0.1, -0.05) is 0 Å². The van der Waals surface area contributed by atoms with Gasteiger partial charge < -0.3 is 0 Å². The van der Waals surface area contributed by atoms with E-state index in [9.17, 15) is 4.79 Å². The molecule has 0 fully saturated rings. The first-order chi connectivity index (χ1) is 2.94. The Bertz CT molecular complexity index is 80.6. The van der Waals surface area contributed by atoms with E-state index in [1.807, 2.05) is 20.8 Å². The van der Waals surface area contributed by atoms with Gasteiger partial charge in [0.2, 0.25) is 0 Å². The van der Waals surface area contributed by atoms with Gasteiger partial charge in [0, 0.05) is 0 Å². The van der Waals surface area contributed by atoms with Crippen molar-refractivity contribution in [3.8, 4) is 0 Å². The minimum atomic E-state index is -0.134. The SMILES string of the molecule is CC(C)(C)C(=O)[Te]. The van der Waals surface area contributed by atoms with Crippen LogP contribution < -0.4 is 0 Å². The first-order valence-electron chi connectivity index (χ1n) is 2.16. The average Bonchev–Trinajstić information content (AvgIpc) is 1.31. The van der Waals surface area contributed by atoms with E-state index in [0.717, 1.165) is 0 Å². The van der Waals surface area contributed by atoms with Gasteiger partial charge in [0.25, 0.3) is 0 Å². The third-order valence-electron chi connectivity index (χ3n) is 0.612. The van der Waals surface area contributed by atoms with Crippen LogP contribution in [-0.2, 0) is 4.79 Å². The molecule has 0 aliphatic heterocycles. The van der Waals surface area contributed by atoms with E-state index in [4.69, 9.17) is 0 Å². The molecule has 0 spiro atoms. The summed E-state index contributed by atoms with van der Waals surface area (Å²) in [4.78, 5) is 10.5. The number of hydrogen-bond acceptors (Lipinski definition) is 1. The molecule has 0 aromatic rings. The van der Waals surface area contributed by atoms with Crippen LogP contribution in [-0.4, -0.2) is 26.1 Å². The summed E-state index contributed by atoms with van der Waals surface area (Å²) in [5, 5.41) is 0. The van der Waals surface area contributed by atoms with Crippen molar-refractivity contribution in [1.82, 2.24) is 0 Å². The van der Waals surface area contributed by atoms with Crippen LogP contribution in [0.5, 0.6) is 0 Å². The average molecular weight is 213 g/mol. The molecule has 0 aliphatic rings. The normalized spacial score (nSPS) is 11.3. The second-order valence-electron chi connectivity index (χ2n) is 2.54. The molecule has 7 heavy (non-hydrogen) atoms. The third kappa shape index (κ3) is 3.08. The number of carbonyl (C=O) groups is 1.